The van der Waals surface area contributed by atoms with Crippen LogP contribution in [-0.4, -0.2) is 23.3 Å². The summed E-state index contributed by atoms with van der Waals surface area (Å²) in [6.07, 6.45) is -2.19. The van der Waals surface area contributed by atoms with E-state index in [1.807, 2.05) is 12.1 Å². The van der Waals surface area contributed by atoms with Crippen LogP contribution < -0.4 is 5.43 Å². The van der Waals surface area contributed by atoms with Gasteiger partial charge in [0.1, 0.15) is 0 Å². The fourth-order valence-corrected chi connectivity index (χ4v) is 1.42. The van der Waals surface area contributed by atoms with E-state index in [9.17, 15) is 18.0 Å². The number of hydrogen-bond donors (Lipinski definition) is 2. The van der Waals surface area contributed by atoms with Crippen molar-refractivity contribution in [3.63, 3.8) is 0 Å². The molecule has 1 heterocycles. The molecule has 2 aromatic rings. The summed E-state index contributed by atoms with van der Waals surface area (Å²) in [5.74, 6) is -2.10. The van der Waals surface area contributed by atoms with Crippen molar-refractivity contribution in [2.45, 2.75) is 6.18 Å². The van der Waals surface area contributed by atoms with Crippen LogP contribution in [0.25, 0.3) is 10.9 Å². The van der Waals surface area contributed by atoms with Crippen LogP contribution in [0.1, 0.15) is 5.56 Å². The Balaban J connectivity index is 2.13. The van der Waals surface area contributed by atoms with Gasteiger partial charge in [-0.3, -0.25) is 4.79 Å². The Morgan fingerprint density at radius 3 is 2.78 bits per heavy atom. The highest BCUT2D eigenvalue weighted by Crippen LogP contribution is 2.16. The molecule has 2 rings (SSSR count). The van der Waals surface area contributed by atoms with Crippen molar-refractivity contribution in [3.8, 4) is 0 Å². The zero-order chi connectivity index (χ0) is 13.2. The molecule has 1 aromatic carbocycles. The Morgan fingerprint density at radius 1 is 1.33 bits per heavy atom. The van der Waals surface area contributed by atoms with Gasteiger partial charge in [0, 0.05) is 22.7 Å². The number of fused-ring (bicyclic) bond motifs is 1. The molecule has 0 aliphatic carbocycles. The molecule has 0 radical (unpaired) electrons. The maximum absolute atomic E-state index is 11.9. The molecule has 7 heteroatoms. The molecule has 0 fully saturated rings. The van der Waals surface area contributed by atoms with Gasteiger partial charge in [-0.25, -0.2) is 5.43 Å². The SMILES string of the molecule is O=C(NN=Cc1c[nH]c2ccccc12)C(F)(F)F. The van der Waals surface area contributed by atoms with Gasteiger partial charge < -0.3 is 4.98 Å². The summed E-state index contributed by atoms with van der Waals surface area (Å²) in [6.45, 7) is 0. The molecule has 0 aliphatic rings. The van der Waals surface area contributed by atoms with Gasteiger partial charge in [-0.1, -0.05) is 18.2 Å². The van der Waals surface area contributed by atoms with E-state index in [0.717, 1.165) is 17.1 Å². The number of hydrogen-bond acceptors (Lipinski definition) is 2. The second kappa shape index (κ2) is 4.52. The zero-order valence-electron chi connectivity index (χ0n) is 8.95. The maximum Gasteiger partial charge on any atom is 0.473 e. The van der Waals surface area contributed by atoms with E-state index >= 15 is 0 Å². The Morgan fingerprint density at radius 2 is 2.06 bits per heavy atom. The quantitative estimate of drug-likeness (QED) is 0.627. The monoisotopic (exact) mass is 255 g/mol. The summed E-state index contributed by atoms with van der Waals surface area (Å²) in [5.41, 5.74) is 2.84. The molecule has 2 N–H and O–H groups in total. The Labute approximate surface area is 99.5 Å². The number of carbonyl (C=O) groups excluding carboxylic acids is 1. The fourth-order valence-electron chi connectivity index (χ4n) is 1.42. The predicted molar refractivity (Wildman–Crippen MR) is 60.1 cm³/mol. The summed E-state index contributed by atoms with van der Waals surface area (Å²) < 4.78 is 35.6. The van der Waals surface area contributed by atoms with Gasteiger partial charge in [-0.05, 0) is 6.07 Å². The molecule has 1 amide bonds. The van der Waals surface area contributed by atoms with Gasteiger partial charge in [0.15, 0.2) is 0 Å². The Bertz CT molecular complexity index is 601. The smallest absolute Gasteiger partial charge is 0.361 e. The van der Waals surface area contributed by atoms with Crippen molar-refractivity contribution >= 4 is 23.0 Å². The zero-order valence-corrected chi connectivity index (χ0v) is 8.95. The molecule has 0 bridgehead atoms. The van der Waals surface area contributed by atoms with Crippen LogP contribution in [0.5, 0.6) is 0 Å². The van der Waals surface area contributed by atoms with Crippen LogP contribution in [0.3, 0.4) is 0 Å². The molecule has 0 unspecified atom stereocenters. The topological polar surface area (TPSA) is 57.2 Å². The largest absolute Gasteiger partial charge is 0.473 e. The molecular weight excluding hydrogens is 247 g/mol. The minimum atomic E-state index is -4.93. The number of halogens is 3. The molecular formula is C11H8F3N3O. The van der Waals surface area contributed by atoms with Crippen LogP contribution >= 0.6 is 0 Å². The van der Waals surface area contributed by atoms with Gasteiger partial charge in [0.05, 0.1) is 6.21 Å². The van der Waals surface area contributed by atoms with Crippen molar-refractivity contribution in [1.82, 2.24) is 10.4 Å². The highest BCUT2D eigenvalue weighted by atomic mass is 19.4. The number of aromatic amines is 1. The number of benzene rings is 1. The second-order valence-corrected chi connectivity index (χ2v) is 3.49. The van der Waals surface area contributed by atoms with E-state index in [4.69, 9.17) is 0 Å². The normalized spacial score (nSPS) is 12.2. The van der Waals surface area contributed by atoms with Crippen LogP contribution in [0.15, 0.2) is 35.6 Å². The number of aromatic nitrogens is 1. The summed E-state index contributed by atoms with van der Waals surface area (Å²) >= 11 is 0. The number of para-hydroxylation sites is 1. The van der Waals surface area contributed by atoms with Crippen molar-refractivity contribution in [2.24, 2.45) is 5.10 Å². The average Bonchev–Trinajstić information content (AvgIpc) is 2.71. The van der Waals surface area contributed by atoms with Crippen molar-refractivity contribution in [3.05, 3.63) is 36.0 Å². The number of rotatable bonds is 2. The number of amides is 1. The van der Waals surface area contributed by atoms with Gasteiger partial charge in [-0.2, -0.15) is 18.3 Å². The molecule has 0 saturated carbocycles. The first kappa shape index (κ1) is 12.2. The van der Waals surface area contributed by atoms with Gasteiger partial charge >= 0.3 is 12.1 Å². The first-order chi connectivity index (χ1) is 8.48. The summed E-state index contributed by atoms with van der Waals surface area (Å²) in [6, 6.07) is 7.23. The lowest BCUT2D eigenvalue weighted by Crippen LogP contribution is -2.33. The standard InChI is InChI=1S/C11H8F3N3O/c12-11(13,14)10(18)17-16-6-7-5-15-9-4-2-1-3-8(7)9/h1-6,15H,(H,17,18). The summed E-state index contributed by atoms with van der Waals surface area (Å²) in [4.78, 5) is 13.4. The number of hydrazone groups is 1. The molecule has 94 valence electrons. The van der Waals surface area contributed by atoms with Crippen molar-refractivity contribution < 1.29 is 18.0 Å². The Kier molecular flexibility index (Phi) is 3.05. The molecule has 1 aromatic heterocycles. The van der Waals surface area contributed by atoms with E-state index in [2.05, 4.69) is 10.1 Å². The lowest BCUT2D eigenvalue weighted by Gasteiger charge is -2.02. The van der Waals surface area contributed by atoms with Gasteiger partial charge in [0.25, 0.3) is 0 Å². The van der Waals surface area contributed by atoms with Crippen molar-refractivity contribution in [2.75, 3.05) is 0 Å². The van der Waals surface area contributed by atoms with Gasteiger partial charge in [0.2, 0.25) is 0 Å². The minimum absolute atomic E-state index is 0.591. The predicted octanol–water partition coefficient (Wildman–Crippen LogP) is 2.18. The first-order valence-corrected chi connectivity index (χ1v) is 4.95. The van der Waals surface area contributed by atoms with E-state index in [1.165, 1.54) is 5.43 Å². The molecule has 0 saturated heterocycles. The third-order valence-electron chi connectivity index (χ3n) is 2.25. The van der Waals surface area contributed by atoms with E-state index in [-0.39, 0.29) is 0 Å². The number of H-pyrrole nitrogens is 1. The van der Waals surface area contributed by atoms with Gasteiger partial charge in [-0.15, -0.1) is 0 Å². The third kappa shape index (κ3) is 2.50. The van der Waals surface area contributed by atoms with E-state index in [0.29, 0.717) is 5.56 Å². The lowest BCUT2D eigenvalue weighted by atomic mass is 10.2. The molecule has 0 aliphatic heterocycles. The highest BCUT2D eigenvalue weighted by molar-refractivity contribution is 5.99. The number of nitrogens with one attached hydrogen (secondary N) is 2. The van der Waals surface area contributed by atoms with Crippen LogP contribution in [-0.2, 0) is 4.79 Å². The lowest BCUT2D eigenvalue weighted by molar-refractivity contribution is -0.173. The summed E-state index contributed by atoms with van der Waals surface area (Å²) in [5, 5.41) is 4.07. The number of nitrogens with zero attached hydrogens (tertiary/aromatic N) is 1. The molecule has 0 spiro atoms. The third-order valence-corrected chi connectivity index (χ3v) is 2.25. The van der Waals surface area contributed by atoms with Crippen LogP contribution in [0, 0.1) is 0 Å². The molecule has 0 atom stereocenters. The minimum Gasteiger partial charge on any atom is -0.361 e. The van der Waals surface area contributed by atoms with Crippen LogP contribution in [0.2, 0.25) is 0 Å². The maximum atomic E-state index is 11.9. The van der Waals surface area contributed by atoms with E-state index < -0.39 is 12.1 Å². The fraction of sp³-hybridized carbons (Fsp3) is 0.0909. The summed E-state index contributed by atoms with van der Waals surface area (Å²) in [7, 11) is 0. The Hall–Kier alpha value is -2.31. The highest BCUT2D eigenvalue weighted by Gasteiger charge is 2.38. The average molecular weight is 255 g/mol. The number of carbonyl (C=O) groups is 1. The first-order valence-electron chi connectivity index (χ1n) is 4.95. The molecule has 18 heavy (non-hydrogen) atoms. The number of alkyl halides is 3. The van der Waals surface area contributed by atoms with E-state index in [1.54, 1.807) is 18.3 Å². The second-order valence-electron chi connectivity index (χ2n) is 3.49. The molecule has 4 nitrogen and oxygen atoms in total. The van der Waals surface area contributed by atoms with Crippen LogP contribution in [0.4, 0.5) is 13.2 Å². The van der Waals surface area contributed by atoms with Crippen molar-refractivity contribution in [1.29, 1.82) is 0 Å².